The van der Waals surface area contributed by atoms with E-state index >= 15 is 0 Å². The first-order valence-electron chi connectivity index (χ1n) is 6.09. The van der Waals surface area contributed by atoms with Crippen LogP contribution in [-0.4, -0.2) is 29.6 Å². The van der Waals surface area contributed by atoms with Gasteiger partial charge < -0.3 is 13.3 Å². The largest absolute Gasteiger partial charge is 0.500 e. The second kappa shape index (κ2) is 10.0. The van der Waals surface area contributed by atoms with Crippen LogP contribution >= 0.6 is 0 Å². The Balaban J connectivity index is 3.86. The molecule has 3 nitrogen and oxygen atoms in total. The Labute approximate surface area is 101 Å². The van der Waals surface area contributed by atoms with E-state index in [0.29, 0.717) is 6.61 Å². The van der Waals surface area contributed by atoms with Gasteiger partial charge in [0.2, 0.25) is 0 Å². The van der Waals surface area contributed by atoms with Crippen LogP contribution in [0.2, 0.25) is 6.04 Å². The van der Waals surface area contributed by atoms with Gasteiger partial charge in [-0.15, -0.1) is 6.58 Å². The summed E-state index contributed by atoms with van der Waals surface area (Å²) in [6.45, 7) is 6.36. The van der Waals surface area contributed by atoms with Crippen LogP contribution in [-0.2, 0) is 13.3 Å². The first-order valence-corrected chi connectivity index (χ1v) is 8.03. The average Bonchev–Trinajstić information content (AvgIpc) is 2.33. The topological polar surface area (TPSA) is 27.7 Å². The Kier molecular flexibility index (Phi) is 9.92. The highest BCUT2D eigenvalue weighted by Gasteiger charge is 2.37. The maximum atomic E-state index is 5.66. The van der Waals surface area contributed by atoms with Crippen molar-refractivity contribution in [3.8, 4) is 0 Å². The molecule has 0 unspecified atom stereocenters. The van der Waals surface area contributed by atoms with Crippen LogP contribution in [0.5, 0.6) is 0 Å². The normalized spacial score (nSPS) is 11.7. The predicted molar refractivity (Wildman–Crippen MR) is 69.5 cm³/mol. The minimum atomic E-state index is -2.40. The van der Waals surface area contributed by atoms with E-state index in [-0.39, 0.29) is 0 Å². The molecule has 0 aromatic carbocycles. The van der Waals surface area contributed by atoms with Crippen LogP contribution in [0.3, 0.4) is 0 Å². The lowest BCUT2D eigenvalue weighted by atomic mass is 10.2. The summed E-state index contributed by atoms with van der Waals surface area (Å²) in [6, 6.07) is 0.900. The van der Waals surface area contributed by atoms with Crippen LogP contribution in [0.1, 0.15) is 39.0 Å². The number of rotatable bonds is 11. The van der Waals surface area contributed by atoms with Crippen molar-refractivity contribution >= 4 is 8.80 Å². The summed E-state index contributed by atoms with van der Waals surface area (Å²) in [5.74, 6) is 0. The van der Waals surface area contributed by atoms with Gasteiger partial charge in [-0.25, -0.2) is 0 Å². The molecule has 0 saturated carbocycles. The van der Waals surface area contributed by atoms with Gasteiger partial charge in [-0.05, 0) is 6.42 Å². The lowest BCUT2D eigenvalue weighted by Crippen LogP contribution is -2.43. The van der Waals surface area contributed by atoms with Crippen LogP contribution < -0.4 is 0 Å². The number of unbranched alkanes of at least 4 members (excludes halogenated alkanes) is 4. The van der Waals surface area contributed by atoms with Gasteiger partial charge >= 0.3 is 8.80 Å². The lowest BCUT2D eigenvalue weighted by molar-refractivity contribution is 0.109. The van der Waals surface area contributed by atoms with E-state index in [0.717, 1.165) is 12.5 Å². The van der Waals surface area contributed by atoms with Crippen molar-refractivity contribution in [3.63, 3.8) is 0 Å². The quantitative estimate of drug-likeness (QED) is 0.318. The van der Waals surface area contributed by atoms with Gasteiger partial charge in [-0.3, -0.25) is 0 Å². The van der Waals surface area contributed by atoms with E-state index in [1.54, 1.807) is 20.3 Å². The first-order chi connectivity index (χ1) is 7.74. The first kappa shape index (κ1) is 15.8. The fourth-order valence-corrected chi connectivity index (χ4v) is 3.62. The average molecular weight is 246 g/mol. The molecule has 0 radical (unpaired) electrons. The zero-order valence-corrected chi connectivity index (χ0v) is 12.0. The lowest BCUT2D eigenvalue weighted by Gasteiger charge is -2.25. The summed E-state index contributed by atoms with van der Waals surface area (Å²) >= 11 is 0. The van der Waals surface area contributed by atoms with Crippen LogP contribution in [0.4, 0.5) is 0 Å². The van der Waals surface area contributed by atoms with Crippen LogP contribution in [0, 0.1) is 0 Å². The molecule has 0 saturated heterocycles. The third-order valence-electron chi connectivity index (χ3n) is 2.63. The molecule has 0 aliphatic heterocycles. The second-order valence-electron chi connectivity index (χ2n) is 3.86. The van der Waals surface area contributed by atoms with Gasteiger partial charge in [0.15, 0.2) is 0 Å². The van der Waals surface area contributed by atoms with Gasteiger partial charge in [0.1, 0.15) is 0 Å². The summed E-state index contributed by atoms with van der Waals surface area (Å²) < 4.78 is 16.5. The summed E-state index contributed by atoms with van der Waals surface area (Å²) in [4.78, 5) is 0. The van der Waals surface area contributed by atoms with Crippen molar-refractivity contribution in [2.75, 3.05) is 20.8 Å². The highest BCUT2D eigenvalue weighted by molar-refractivity contribution is 6.60. The molecule has 16 heavy (non-hydrogen) atoms. The molecule has 96 valence electrons. The van der Waals surface area contributed by atoms with Crippen LogP contribution in [0.15, 0.2) is 12.7 Å². The fourth-order valence-electron chi connectivity index (χ4n) is 1.61. The molecular weight excluding hydrogens is 220 g/mol. The zero-order valence-electron chi connectivity index (χ0n) is 11.0. The summed E-state index contributed by atoms with van der Waals surface area (Å²) in [6.07, 6.45) is 7.94. The number of hydrogen-bond donors (Lipinski definition) is 0. The molecular formula is C12H26O3Si. The molecule has 0 N–H and O–H groups in total. The zero-order chi connectivity index (χ0) is 12.3. The Hall–Kier alpha value is -0.163. The van der Waals surface area contributed by atoms with Gasteiger partial charge in [-0.1, -0.05) is 38.7 Å². The molecule has 0 aliphatic carbocycles. The van der Waals surface area contributed by atoms with E-state index in [9.17, 15) is 0 Å². The Morgan fingerprint density at radius 1 is 1.06 bits per heavy atom. The van der Waals surface area contributed by atoms with Crippen molar-refractivity contribution < 1.29 is 13.3 Å². The smallest absolute Gasteiger partial charge is 0.377 e. The van der Waals surface area contributed by atoms with Crippen molar-refractivity contribution in [3.05, 3.63) is 12.7 Å². The highest BCUT2D eigenvalue weighted by Crippen LogP contribution is 2.18. The van der Waals surface area contributed by atoms with Crippen molar-refractivity contribution in [1.82, 2.24) is 0 Å². The van der Waals surface area contributed by atoms with Crippen molar-refractivity contribution in [1.29, 1.82) is 0 Å². The van der Waals surface area contributed by atoms with E-state index in [2.05, 4.69) is 13.5 Å². The Bertz CT molecular complexity index is 170. The van der Waals surface area contributed by atoms with E-state index < -0.39 is 8.80 Å². The molecule has 0 spiro atoms. The Morgan fingerprint density at radius 2 is 1.69 bits per heavy atom. The maximum absolute atomic E-state index is 5.66. The maximum Gasteiger partial charge on any atom is 0.500 e. The third-order valence-corrected chi connectivity index (χ3v) is 5.45. The van der Waals surface area contributed by atoms with Gasteiger partial charge in [-0.2, -0.15) is 0 Å². The SMILES string of the molecule is C=CCO[Si](CCCCCCC)(OC)OC. The molecule has 0 aromatic rings. The second-order valence-corrected chi connectivity index (χ2v) is 6.83. The van der Waals surface area contributed by atoms with E-state index in [4.69, 9.17) is 13.3 Å². The molecule has 0 atom stereocenters. The summed E-state index contributed by atoms with van der Waals surface area (Å²) in [7, 11) is 0.947. The molecule has 0 fully saturated rings. The van der Waals surface area contributed by atoms with Gasteiger partial charge in [0.05, 0.1) is 6.61 Å². The molecule has 0 bridgehead atoms. The summed E-state index contributed by atoms with van der Waals surface area (Å²) in [5, 5.41) is 0. The number of hydrogen-bond acceptors (Lipinski definition) is 3. The molecule has 0 heterocycles. The van der Waals surface area contributed by atoms with E-state index in [1.165, 1.54) is 25.7 Å². The van der Waals surface area contributed by atoms with Crippen molar-refractivity contribution in [2.24, 2.45) is 0 Å². The fraction of sp³-hybridized carbons (Fsp3) is 0.833. The molecule has 0 aliphatic rings. The van der Waals surface area contributed by atoms with Crippen molar-refractivity contribution in [2.45, 2.75) is 45.1 Å². The van der Waals surface area contributed by atoms with Crippen LogP contribution in [0.25, 0.3) is 0 Å². The highest BCUT2D eigenvalue weighted by atomic mass is 28.4. The minimum absolute atomic E-state index is 0.503. The minimum Gasteiger partial charge on any atom is -0.377 e. The molecule has 0 amide bonds. The van der Waals surface area contributed by atoms with E-state index in [1.807, 2.05) is 0 Å². The Morgan fingerprint density at radius 3 is 2.19 bits per heavy atom. The third kappa shape index (κ3) is 6.43. The predicted octanol–water partition coefficient (Wildman–Crippen LogP) is 3.39. The molecule has 4 heteroatoms. The van der Waals surface area contributed by atoms with Gasteiger partial charge in [0.25, 0.3) is 0 Å². The molecule has 0 aromatic heterocycles. The van der Waals surface area contributed by atoms with Gasteiger partial charge in [0, 0.05) is 20.3 Å². The standard InChI is InChI=1S/C12H26O3Si/c1-5-7-8-9-10-12-16(13-3,14-4)15-11-6-2/h6H,2,5,7-12H2,1,3-4H3. The summed E-state index contributed by atoms with van der Waals surface area (Å²) in [5.41, 5.74) is 0. The monoisotopic (exact) mass is 246 g/mol. The molecule has 0 rings (SSSR count).